The Kier molecular flexibility index (Phi) is 12.8. The third-order valence-electron chi connectivity index (χ3n) is 10.1. The van der Waals surface area contributed by atoms with Crippen molar-refractivity contribution in [3.63, 3.8) is 0 Å². The molecule has 186 valence electrons. The molecule has 3 saturated carbocycles. The zero-order valence-corrected chi connectivity index (χ0v) is 22.2. The predicted molar refractivity (Wildman–Crippen MR) is 143 cm³/mol. The highest BCUT2D eigenvalue weighted by atomic mass is 14.4. The number of hydrogen-bond acceptors (Lipinski definition) is 0. The van der Waals surface area contributed by atoms with Gasteiger partial charge in [0.1, 0.15) is 0 Å². The summed E-state index contributed by atoms with van der Waals surface area (Å²) in [7, 11) is 0. The first-order chi connectivity index (χ1) is 15.8. The van der Waals surface area contributed by atoms with Gasteiger partial charge in [-0.25, -0.2) is 0 Å². The van der Waals surface area contributed by atoms with Crippen LogP contribution < -0.4 is 0 Å². The van der Waals surface area contributed by atoms with Crippen molar-refractivity contribution in [2.75, 3.05) is 0 Å². The lowest BCUT2D eigenvalue weighted by Crippen LogP contribution is -2.26. The molecule has 0 amide bonds. The molecule has 0 N–H and O–H groups in total. The van der Waals surface area contributed by atoms with Gasteiger partial charge < -0.3 is 0 Å². The summed E-state index contributed by atoms with van der Waals surface area (Å²) in [5.41, 5.74) is 0. The molecule has 0 nitrogen and oxygen atoms in total. The van der Waals surface area contributed by atoms with E-state index in [0.717, 1.165) is 35.5 Å². The topological polar surface area (TPSA) is 0 Å². The Morgan fingerprint density at radius 1 is 0.500 bits per heavy atom. The molecule has 0 heterocycles. The van der Waals surface area contributed by atoms with E-state index >= 15 is 0 Å². The third kappa shape index (κ3) is 9.54. The standard InChI is InChI=1S/C32H58/c1-3-5-7-11-27-15-17-28(18-16-27)13-9-10-14-30-21-25-32(26-22-30)31-23-19-29(20-24-31)12-8-6-4-2/h3,5,27-32H,4,6-26H2,1-2H3. The summed E-state index contributed by atoms with van der Waals surface area (Å²) in [4.78, 5) is 0. The molecule has 3 aliphatic carbocycles. The molecule has 0 saturated heterocycles. The molecule has 0 aromatic rings. The Bertz CT molecular complexity index is 466. The van der Waals surface area contributed by atoms with Crippen LogP contribution in [-0.2, 0) is 0 Å². The smallest absolute Gasteiger partial charge is 0.0348 e. The van der Waals surface area contributed by atoms with Gasteiger partial charge in [0, 0.05) is 0 Å². The molecule has 0 atom stereocenters. The van der Waals surface area contributed by atoms with Gasteiger partial charge in [-0.05, 0) is 81.0 Å². The number of rotatable bonds is 13. The van der Waals surface area contributed by atoms with Gasteiger partial charge in [0.05, 0.1) is 0 Å². The summed E-state index contributed by atoms with van der Waals surface area (Å²) in [6.45, 7) is 4.50. The summed E-state index contributed by atoms with van der Waals surface area (Å²) in [6, 6.07) is 0. The molecule has 0 aromatic heterocycles. The average molecular weight is 443 g/mol. The summed E-state index contributed by atoms with van der Waals surface area (Å²) < 4.78 is 0. The summed E-state index contributed by atoms with van der Waals surface area (Å²) in [5, 5.41) is 0. The fourth-order valence-electron chi connectivity index (χ4n) is 7.75. The average Bonchev–Trinajstić information content (AvgIpc) is 2.84. The molecule has 0 heteroatoms. The van der Waals surface area contributed by atoms with Crippen molar-refractivity contribution in [2.24, 2.45) is 35.5 Å². The molecule has 0 unspecified atom stereocenters. The van der Waals surface area contributed by atoms with E-state index in [1.165, 1.54) is 77.0 Å². The minimum absolute atomic E-state index is 1.04. The van der Waals surface area contributed by atoms with E-state index in [9.17, 15) is 0 Å². The van der Waals surface area contributed by atoms with Gasteiger partial charge in [-0.2, -0.15) is 0 Å². The van der Waals surface area contributed by atoms with Gasteiger partial charge in [0.2, 0.25) is 0 Å². The lowest BCUT2D eigenvalue weighted by atomic mass is 9.68. The molecule has 3 fully saturated rings. The van der Waals surface area contributed by atoms with Crippen molar-refractivity contribution >= 4 is 0 Å². The largest absolute Gasteiger partial charge is 0.0917 e. The SMILES string of the molecule is CC=CCCC1CCC(CCCCC2CCC(C3CCC(CCCCC)CC3)CC2)CC1. The second-order valence-corrected chi connectivity index (χ2v) is 12.4. The van der Waals surface area contributed by atoms with Crippen molar-refractivity contribution in [1.29, 1.82) is 0 Å². The highest BCUT2D eigenvalue weighted by Gasteiger charge is 2.30. The Balaban J connectivity index is 1.18. The molecule has 0 bridgehead atoms. The van der Waals surface area contributed by atoms with Crippen LogP contribution in [0.3, 0.4) is 0 Å². The van der Waals surface area contributed by atoms with Crippen LogP contribution in [0.4, 0.5) is 0 Å². The Hall–Kier alpha value is -0.260. The molecular formula is C32H58. The predicted octanol–water partition coefficient (Wildman–Crippen LogP) is 10.9. The van der Waals surface area contributed by atoms with E-state index in [4.69, 9.17) is 0 Å². The fraction of sp³-hybridized carbons (Fsp3) is 0.938. The molecule has 3 rings (SSSR count). The van der Waals surface area contributed by atoms with Crippen molar-refractivity contribution in [1.82, 2.24) is 0 Å². The number of unbranched alkanes of at least 4 members (excludes halogenated alkanes) is 3. The van der Waals surface area contributed by atoms with Crippen molar-refractivity contribution < 1.29 is 0 Å². The Labute approximate surface area is 202 Å². The highest BCUT2D eigenvalue weighted by Crippen LogP contribution is 2.43. The van der Waals surface area contributed by atoms with Crippen molar-refractivity contribution in [2.45, 2.75) is 155 Å². The van der Waals surface area contributed by atoms with E-state index in [1.807, 2.05) is 0 Å². The quantitative estimate of drug-likeness (QED) is 0.196. The van der Waals surface area contributed by atoms with Gasteiger partial charge in [0.25, 0.3) is 0 Å². The van der Waals surface area contributed by atoms with Gasteiger partial charge in [-0.15, -0.1) is 0 Å². The fourth-order valence-corrected chi connectivity index (χ4v) is 7.75. The lowest BCUT2D eigenvalue weighted by Gasteiger charge is -2.38. The molecule has 0 spiro atoms. The van der Waals surface area contributed by atoms with Gasteiger partial charge in [0.15, 0.2) is 0 Å². The zero-order valence-electron chi connectivity index (χ0n) is 22.2. The molecule has 0 aromatic carbocycles. The maximum atomic E-state index is 2.36. The van der Waals surface area contributed by atoms with Gasteiger partial charge >= 0.3 is 0 Å². The van der Waals surface area contributed by atoms with Crippen LogP contribution in [0.1, 0.15) is 155 Å². The number of allylic oxidation sites excluding steroid dienone is 2. The van der Waals surface area contributed by atoms with Crippen LogP contribution in [-0.4, -0.2) is 0 Å². The summed E-state index contributed by atoms with van der Waals surface area (Å²) in [6.07, 6.45) is 38.0. The minimum atomic E-state index is 1.04. The van der Waals surface area contributed by atoms with E-state index < -0.39 is 0 Å². The summed E-state index contributed by atoms with van der Waals surface area (Å²) in [5.74, 6) is 6.48. The van der Waals surface area contributed by atoms with Crippen LogP contribution in [0.25, 0.3) is 0 Å². The first kappa shape index (κ1) is 26.3. The molecule has 3 aliphatic rings. The van der Waals surface area contributed by atoms with E-state index in [1.54, 1.807) is 64.2 Å². The Morgan fingerprint density at radius 2 is 0.875 bits per heavy atom. The maximum Gasteiger partial charge on any atom is -0.0348 e. The van der Waals surface area contributed by atoms with E-state index in [0.29, 0.717) is 0 Å². The molecular weight excluding hydrogens is 384 g/mol. The maximum absolute atomic E-state index is 2.36. The van der Waals surface area contributed by atoms with Crippen LogP contribution in [0, 0.1) is 35.5 Å². The second kappa shape index (κ2) is 15.6. The first-order valence-corrected chi connectivity index (χ1v) is 15.4. The molecule has 0 aliphatic heterocycles. The van der Waals surface area contributed by atoms with Crippen LogP contribution in [0.2, 0.25) is 0 Å². The van der Waals surface area contributed by atoms with Crippen molar-refractivity contribution in [3.05, 3.63) is 12.2 Å². The summed E-state index contributed by atoms with van der Waals surface area (Å²) >= 11 is 0. The normalized spacial score (nSPS) is 34.2. The first-order valence-electron chi connectivity index (χ1n) is 15.4. The van der Waals surface area contributed by atoms with Gasteiger partial charge in [-0.3, -0.25) is 0 Å². The second-order valence-electron chi connectivity index (χ2n) is 12.4. The van der Waals surface area contributed by atoms with Crippen LogP contribution in [0.15, 0.2) is 12.2 Å². The third-order valence-corrected chi connectivity index (χ3v) is 10.1. The van der Waals surface area contributed by atoms with Crippen LogP contribution in [0.5, 0.6) is 0 Å². The monoisotopic (exact) mass is 442 g/mol. The van der Waals surface area contributed by atoms with Crippen molar-refractivity contribution in [3.8, 4) is 0 Å². The van der Waals surface area contributed by atoms with Crippen LogP contribution >= 0.6 is 0 Å². The van der Waals surface area contributed by atoms with Gasteiger partial charge in [-0.1, -0.05) is 122 Å². The minimum Gasteiger partial charge on any atom is -0.0917 e. The van der Waals surface area contributed by atoms with E-state index in [-0.39, 0.29) is 0 Å². The highest BCUT2D eigenvalue weighted by molar-refractivity contribution is 4.83. The number of hydrogen-bond donors (Lipinski definition) is 0. The molecule has 32 heavy (non-hydrogen) atoms. The van der Waals surface area contributed by atoms with E-state index in [2.05, 4.69) is 26.0 Å². The lowest BCUT2D eigenvalue weighted by molar-refractivity contribution is 0.139. The Morgan fingerprint density at radius 3 is 1.28 bits per heavy atom. The molecule has 0 radical (unpaired) electrons. The zero-order chi connectivity index (χ0) is 22.4.